The standard InChI is InChI=1S/C13H19N3O2/c1-9-6-4-5-7-11(9)8-16(3)10(2)12(17)15-13(14)18/h4-7,10H,8H2,1-3H3,(H3,14,15,17,18)/p+1/t10-/m1/s1. The largest absolute Gasteiger partial charge is 0.351 e. The number of amides is 3. The molecule has 0 bridgehead atoms. The molecule has 0 aromatic heterocycles. The molecule has 5 heteroatoms. The number of carbonyl (C=O) groups excluding carboxylic acids is 2. The van der Waals surface area contributed by atoms with Crippen LogP contribution in [-0.4, -0.2) is 25.0 Å². The van der Waals surface area contributed by atoms with Gasteiger partial charge in [-0.1, -0.05) is 24.3 Å². The van der Waals surface area contributed by atoms with Crippen LogP contribution in [0.2, 0.25) is 0 Å². The van der Waals surface area contributed by atoms with Crippen LogP contribution in [0.3, 0.4) is 0 Å². The van der Waals surface area contributed by atoms with E-state index in [9.17, 15) is 9.59 Å². The zero-order chi connectivity index (χ0) is 13.7. The van der Waals surface area contributed by atoms with Crippen molar-refractivity contribution < 1.29 is 14.5 Å². The number of primary amides is 1. The second kappa shape index (κ2) is 6.16. The predicted molar refractivity (Wildman–Crippen MR) is 69.0 cm³/mol. The van der Waals surface area contributed by atoms with E-state index in [2.05, 4.69) is 5.32 Å². The number of hydrogen-bond donors (Lipinski definition) is 3. The maximum Gasteiger partial charge on any atom is 0.319 e. The Morgan fingerprint density at radius 3 is 2.56 bits per heavy atom. The van der Waals surface area contributed by atoms with E-state index in [0.717, 1.165) is 11.4 Å². The molecule has 0 aliphatic carbocycles. The molecule has 98 valence electrons. The summed E-state index contributed by atoms with van der Waals surface area (Å²) in [6.07, 6.45) is 0. The number of urea groups is 1. The molecule has 3 amide bonds. The topological polar surface area (TPSA) is 76.6 Å². The smallest absolute Gasteiger partial charge is 0.319 e. The van der Waals surface area contributed by atoms with Gasteiger partial charge in [-0.2, -0.15) is 0 Å². The van der Waals surface area contributed by atoms with Gasteiger partial charge < -0.3 is 10.6 Å². The molecule has 1 unspecified atom stereocenters. The Labute approximate surface area is 107 Å². The third-order valence-electron chi connectivity index (χ3n) is 3.11. The molecule has 1 aromatic rings. The Bertz CT molecular complexity index is 446. The number of hydrogen-bond acceptors (Lipinski definition) is 2. The summed E-state index contributed by atoms with van der Waals surface area (Å²) in [6, 6.07) is 6.89. The van der Waals surface area contributed by atoms with Crippen molar-refractivity contribution in [3.05, 3.63) is 35.4 Å². The van der Waals surface area contributed by atoms with Crippen molar-refractivity contribution in [1.82, 2.24) is 5.32 Å². The molecule has 0 heterocycles. The number of rotatable bonds is 4. The van der Waals surface area contributed by atoms with Gasteiger partial charge in [-0.05, 0) is 19.4 Å². The zero-order valence-corrected chi connectivity index (χ0v) is 11.0. The van der Waals surface area contributed by atoms with Crippen LogP contribution in [0.15, 0.2) is 24.3 Å². The first-order valence-electron chi connectivity index (χ1n) is 5.89. The Morgan fingerprint density at radius 1 is 1.39 bits per heavy atom. The molecule has 0 saturated heterocycles. The minimum atomic E-state index is -0.810. The van der Waals surface area contributed by atoms with Gasteiger partial charge in [-0.3, -0.25) is 10.1 Å². The predicted octanol–water partition coefficient (Wildman–Crippen LogP) is -0.407. The molecular weight excluding hydrogens is 230 g/mol. The molecule has 4 N–H and O–H groups in total. The number of imide groups is 1. The first-order chi connectivity index (χ1) is 8.41. The highest BCUT2D eigenvalue weighted by molar-refractivity contribution is 5.95. The monoisotopic (exact) mass is 250 g/mol. The van der Waals surface area contributed by atoms with E-state index < -0.39 is 6.03 Å². The molecule has 1 aromatic carbocycles. The molecule has 0 spiro atoms. The highest BCUT2D eigenvalue weighted by Crippen LogP contribution is 2.04. The second-order valence-corrected chi connectivity index (χ2v) is 4.52. The normalized spacial score (nSPS) is 13.7. The van der Waals surface area contributed by atoms with Crippen molar-refractivity contribution in [2.45, 2.75) is 26.4 Å². The van der Waals surface area contributed by atoms with E-state index in [1.54, 1.807) is 6.92 Å². The van der Waals surface area contributed by atoms with Crippen LogP contribution in [-0.2, 0) is 11.3 Å². The molecule has 0 radical (unpaired) electrons. The first kappa shape index (κ1) is 14.2. The maximum absolute atomic E-state index is 11.6. The summed E-state index contributed by atoms with van der Waals surface area (Å²) in [5.74, 6) is -0.353. The first-order valence-corrected chi connectivity index (χ1v) is 5.89. The summed E-state index contributed by atoms with van der Waals surface area (Å²) in [5.41, 5.74) is 7.31. The van der Waals surface area contributed by atoms with Crippen molar-refractivity contribution in [2.24, 2.45) is 5.73 Å². The van der Waals surface area contributed by atoms with Crippen molar-refractivity contribution >= 4 is 11.9 Å². The maximum atomic E-state index is 11.6. The van der Waals surface area contributed by atoms with Crippen LogP contribution < -0.4 is 16.0 Å². The lowest BCUT2D eigenvalue weighted by Gasteiger charge is -2.21. The number of quaternary nitrogens is 1. The average Bonchev–Trinajstić information content (AvgIpc) is 2.30. The quantitative estimate of drug-likeness (QED) is 0.679. The highest BCUT2D eigenvalue weighted by Gasteiger charge is 2.23. The molecule has 0 aliphatic heterocycles. The minimum absolute atomic E-state index is 0.336. The highest BCUT2D eigenvalue weighted by atomic mass is 16.2. The van der Waals surface area contributed by atoms with Crippen molar-refractivity contribution in [3.63, 3.8) is 0 Å². The van der Waals surface area contributed by atoms with E-state index in [4.69, 9.17) is 5.73 Å². The van der Waals surface area contributed by atoms with E-state index in [0.29, 0.717) is 0 Å². The fraction of sp³-hybridized carbons (Fsp3) is 0.385. The molecule has 5 nitrogen and oxygen atoms in total. The Kier molecular flexibility index (Phi) is 4.85. The van der Waals surface area contributed by atoms with Crippen molar-refractivity contribution in [2.75, 3.05) is 7.05 Å². The number of nitrogens with one attached hydrogen (secondary N) is 2. The summed E-state index contributed by atoms with van der Waals surface area (Å²) < 4.78 is 0. The number of aryl methyl sites for hydroxylation is 1. The average molecular weight is 250 g/mol. The number of likely N-dealkylation sites (N-methyl/N-ethyl adjacent to an activating group) is 1. The number of benzene rings is 1. The molecule has 2 atom stereocenters. The number of nitrogens with two attached hydrogens (primary N) is 1. The summed E-state index contributed by atoms with van der Waals surface area (Å²) >= 11 is 0. The summed E-state index contributed by atoms with van der Waals surface area (Å²) in [4.78, 5) is 23.3. The van der Waals surface area contributed by atoms with E-state index in [1.165, 1.54) is 11.1 Å². The molecule has 0 saturated carbocycles. The van der Waals surface area contributed by atoms with Crippen LogP contribution in [0.4, 0.5) is 4.79 Å². The zero-order valence-electron chi connectivity index (χ0n) is 11.0. The molecule has 18 heavy (non-hydrogen) atoms. The van der Waals surface area contributed by atoms with Crippen LogP contribution in [0, 0.1) is 6.92 Å². The lowest BCUT2D eigenvalue weighted by atomic mass is 10.1. The van der Waals surface area contributed by atoms with E-state index in [1.807, 2.05) is 38.2 Å². The fourth-order valence-corrected chi connectivity index (χ4v) is 1.72. The third kappa shape index (κ3) is 3.85. The summed E-state index contributed by atoms with van der Waals surface area (Å²) in [6.45, 7) is 4.53. The van der Waals surface area contributed by atoms with Crippen LogP contribution >= 0.6 is 0 Å². The summed E-state index contributed by atoms with van der Waals surface area (Å²) in [5, 5.41) is 2.10. The van der Waals surface area contributed by atoms with Gasteiger partial charge in [0, 0.05) is 5.56 Å². The Hall–Kier alpha value is -1.88. The summed E-state index contributed by atoms with van der Waals surface area (Å²) in [7, 11) is 1.91. The van der Waals surface area contributed by atoms with Crippen LogP contribution in [0.5, 0.6) is 0 Å². The van der Waals surface area contributed by atoms with Gasteiger partial charge in [0.15, 0.2) is 6.04 Å². The van der Waals surface area contributed by atoms with E-state index in [-0.39, 0.29) is 11.9 Å². The van der Waals surface area contributed by atoms with Gasteiger partial charge in [0.2, 0.25) is 0 Å². The van der Waals surface area contributed by atoms with Crippen molar-refractivity contribution in [1.29, 1.82) is 0 Å². The van der Waals surface area contributed by atoms with Gasteiger partial charge in [-0.25, -0.2) is 4.79 Å². The van der Waals surface area contributed by atoms with Gasteiger partial charge >= 0.3 is 6.03 Å². The van der Waals surface area contributed by atoms with Gasteiger partial charge in [0.1, 0.15) is 6.54 Å². The van der Waals surface area contributed by atoms with Gasteiger partial charge in [0.25, 0.3) is 5.91 Å². The van der Waals surface area contributed by atoms with Crippen LogP contribution in [0.25, 0.3) is 0 Å². The van der Waals surface area contributed by atoms with E-state index >= 15 is 0 Å². The fourth-order valence-electron chi connectivity index (χ4n) is 1.72. The van der Waals surface area contributed by atoms with Gasteiger partial charge in [0.05, 0.1) is 7.05 Å². The lowest BCUT2D eigenvalue weighted by molar-refractivity contribution is -0.908. The second-order valence-electron chi connectivity index (χ2n) is 4.52. The molecule has 0 fully saturated rings. The van der Waals surface area contributed by atoms with Gasteiger partial charge in [-0.15, -0.1) is 0 Å². The molecular formula is C13H20N3O2+. The lowest BCUT2D eigenvalue weighted by Crippen LogP contribution is -3.12. The molecule has 0 aliphatic rings. The SMILES string of the molecule is Cc1ccccc1C[NH+](C)[C@H](C)C(=O)NC(N)=O. The molecule has 1 rings (SSSR count). The minimum Gasteiger partial charge on any atom is -0.351 e. The van der Waals surface area contributed by atoms with Crippen LogP contribution in [0.1, 0.15) is 18.1 Å². The Balaban J connectivity index is 2.65. The van der Waals surface area contributed by atoms with Crippen molar-refractivity contribution in [3.8, 4) is 0 Å². The number of carbonyl (C=O) groups is 2. The third-order valence-corrected chi connectivity index (χ3v) is 3.11. The Morgan fingerprint density at radius 2 is 2.00 bits per heavy atom.